The molecule has 172 valence electrons. The van der Waals surface area contributed by atoms with Crippen molar-refractivity contribution >= 4 is 28.4 Å². The molecule has 7 nitrogen and oxygen atoms in total. The molecule has 3 aromatic carbocycles. The van der Waals surface area contributed by atoms with Gasteiger partial charge in [0.15, 0.2) is 0 Å². The van der Waals surface area contributed by atoms with Crippen LogP contribution in [0.2, 0.25) is 0 Å². The van der Waals surface area contributed by atoms with Gasteiger partial charge in [-0.25, -0.2) is 14.8 Å². The number of aryl methyl sites for hydroxylation is 1. The highest BCUT2D eigenvalue weighted by atomic mass is 16.2. The Balaban J connectivity index is 1.34. The van der Waals surface area contributed by atoms with Gasteiger partial charge in [-0.2, -0.15) is 0 Å². The Morgan fingerprint density at radius 1 is 0.857 bits per heavy atom. The molecule has 5 aromatic rings. The Morgan fingerprint density at radius 3 is 2.46 bits per heavy atom. The first kappa shape index (κ1) is 22.0. The minimum Gasteiger partial charge on any atom is -0.308 e. The Hall–Kier alpha value is -4.78. The van der Waals surface area contributed by atoms with Crippen LogP contribution >= 0.6 is 0 Å². The fourth-order valence-corrected chi connectivity index (χ4v) is 3.87. The van der Waals surface area contributed by atoms with E-state index in [-0.39, 0.29) is 11.6 Å². The number of rotatable bonds is 5. The van der Waals surface area contributed by atoms with Gasteiger partial charge >= 0.3 is 6.03 Å². The number of pyridine rings is 1. The number of fused-ring (bicyclic) bond motifs is 1. The molecule has 2 N–H and O–H groups in total. The van der Waals surface area contributed by atoms with Gasteiger partial charge in [0.2, 0.25) is 0 Å². The number of aromatic nitrogens is 3. The van der Waals surface area contributed by atoms with Crippen LogP contribution in [0.3, 0.4) is 0 Å². The van der Waals surface area contributed by atoms with Gasteiger partial charge < -0.3 is 5.32 Å². The van der Waals surface area contributed by atoms with Crippen molar-refractivity contribution in [2.75, 3.05) is 10.6 Å². The molecule has 0 aliphatic heterocycles. The maximum atomic E-state index is 13.1. The molecule has 0 aliphatic carbocycles. The number of nitrogens with one attached hydrogen (secondary N) is 2. The molecule has 0 aliphatic rings. The average molecular weight is 462 g/mol. The maximum absolute atomic E-state index is 13.1. The Labute approximate surface area is 202 Å². The zero-order valence-electron chi connectivity index (χ0n) is 19.1. The number of nitrogens with zero attached hydrogens (tertiary/aromatic N) is 3. The molecular formula is C28H23N5O2. The van der Waals surface area contributed by atoms with Gasteiger partial charge in [-0.1, -0.05) is 48.5 Å². The van der Waals surface area contributed by atoms with Crippen LogP contribution in [0, 0.1) is 6.92 Å². The number of carbonyl (C=O) groups is 1. The summed E-state index contributed by atoms with van der Waals surface area (Å²) in [5.41, 5.74) is 5.02. The van der Waals surface area contributed by atoms with Crippen LogP contribution in [0.15, 0.2) is 102 Å². The Kier molecular flexibility index (Phi) is 6.05. The second-order valence-corrected chi connectivity index (χ2v) is 8.28. The number of urea groups is 1. The van der Waals surface area contributed by atoms with Crippen molar-refractivity contribution in [1.29, 1.82) is 0 Å². The predicted octanol–water partition coefficient (Wildman–Crippen LogP) is 5.46. The Morgan fingerprint density at radius 2 is 1.69 bits per heavy atom. The summed E-state index contributed by atoms with van der Waals surface area (Å²) in [6, 6.07) is 26.2. The van der Waals surface area contributed by atoms with E-state index in [9.17, 15) is 9.59 Å². The molecule has 0 bridgehead atoms. The van der Waals surface area contributed by atoms with Crippen molar-refractivity contribution < 1.29 is 4.79 Å². The molecule has 0 saturated carbocycles. The monoisotopic (exact) mass is 461 g/mol. The summed E-state index contributed by atoms with van der Waals surface area (Å²) in [5, 5.41) is 6.07. The van der Waals surface area contributed by atoms with Crippen molar-refractivity contribution in [3.8, 4) is 11.1 Å². The van der Waals surface area contributed by atoms with Crippen LogP contribution in [0.5, 0.6) is 0 Å². The number of amides is 2. The fraction of sp³-hybridized carbons (Fsp3) is 0.0714. The third kappa shape index (κ3) is 5.09. The van der Waals surface area contributed by atoms with Crippen molar-refractivity contribution in [3.63, 3.8) is 0 Å². The zero-order valence-corrected chi connectivity index (χ0v) is 19.1. The second kappa shape index (κ2) is 9.61. The van der Waals surface area contributed by atoms with Gasteiger partial charge in [0.25, 0.3) is 5.56 Å². The molecule has 0 unspecified atom stereocenters. The summed E-state index contributed by atoms with van der Waals surface area (Å²) in [7, 11) is 0. The van der Waals surface area contributed by atoms with Gasteiger partial charge in [0.05, 0.1) is 23.8 Å². The molecule has 0 atom stereocenters. The first-order valence-electron chi connectivity index (χ1n) is 11.2. The summed E-state index contributed by atoms with van der Waals surface area (Å²) in [6.07, 6.45) is 3.25. The first-order valence-corrected chi connectivity index (χ1v) is 11.2. The molecule has 0 fully saturated rings. The smallest absolute Gasteiger partial charge is 0.308 e. The van der Waals surface area contributed by atoms with Crippen molar-refractivity contribution in [2.45, 2.75) is 13.5 Å². The van der Waals surface area contributed by atoms with Gasteiger partial charge in [-0.3, -0.25) is 14.7 Å². The highest BCUT2D eigenvalue weighted by molar-refractivity contribution is 5.99. The van der Waals surface area contributed by atoms with Crippen molar-refractivity contribution in [3.05, 3.63) is 119 Å². The van der Waals surface area contributed by atoms with E-state index in [2.05, 4.69) is 20.6 Å². The summed E-state index contributed by atoms with van der Waals surface area (Å²) in [4.78, 5) is 34.2. The van der Waals surface area contributed by atoms with Crippen LogP contribution < -0.4 is 16.2 Å². The van der Waals surface area contributed by atoms with Gasteiger partial charge in [0.1, 0.15) is 5.82 Å². The van der Waals surface area contributed by atoms with Crippen LogP contribution in [0.25, 0.3) is 22.0 Å². The summed E-state index contributed by atoms with van der Waals surface area (Å²) >= 11 is 0. The van der Waals surface area contributed by atoms with E-state index < -0.39 is 0 Å². The second-order valence-electron chi connectivity index (χ2n) is 8.28. The van der Waals surface area contributed by atoms with Crippen LogP contribution in [0.1, 0.15) is 11.1 Å². The SMILES string of the molecule is Cc1cccc(NC(=O)Nc2ccc(-c3ccc4ncn(Cc5ccccc5)c(=O)c4c3)cn2)c1. The molecule has 0 spiro atoms. The minimum atomic E-state index is -0.369. The van der Waals surface area contributed by atoms with Crippen molar-refractivity contribution in [2.24, 2.45) is 0 Å². The zero-order chi connectivity index (χ0) is 24.2. The number of benzene rings is 3. The largest absolute Gasteiger partial charge is 0.324 e. The van der Waals surface area contributed by atoms with Gasteiger partial charge in [0, 0.05) is 17.4 Å². The fourth-order valence-electron chi connectivity index (χ4n) is 3.87. The molecule has 0 radical (unpaired) electrons. The highest BCUT2D eigenvalue weighted by Crippen LogP contribution is 2.23. The number of carbonyl (C=O) groups excluding carboxylic acids is 1. The van der Waals surface area contributed by atoms with E-state index in [4.69, 9.17) is 0 Å². The number of anilines is 2. The average Bonchev–Trinajstić information content (AvgIpc) is 2.87. The van der Waals surface area contributed by atoms with Gasteiger partial charge in [-0.15, -0.1) is 0 Å². The molecule has 2 aromatic heterocycles. The van der Waals surface area contributed by atoms with Crippen LogP contribution in [0.4, 0.5) is 16.3 Å². The topological polar surface area (TPSA) is 88.9 Å². The lowest BCUT2D eigenvalue weighted by Gasteiger charge is -2.09. The minimum absolute atomic E-state index is 0.0974. The van der Waals surface area contributed by atoms with Crippen LogP contribution in [-0.2, 0) is 6.54 Å². The molecule has 0 saturated heterocycles. The number of hydrogen-bond acceptors (Lipinski definition) is 4. The van der Waals surface area contributed by atoms with E-state index in [0.29, 0.717) is 29.0 Å². The predicted molar refractivity (Wildman–Crippen MR) is 139 cm³/mol. The van der Waals surface area contributed by atoms with Gasteiger partial charge in [-0.05, 0) is 60.0 Å². The molecular weight excluding hydrogens is 438 g/mol. The Bertz CT molecular complexity index is 1560. The van der Waals surface area contributed by atoms with Crippen molar-refractivity contribution in [1.82, 2.24) is 14.5 Å². The molecule has 2 heterocycles. The molecule has 5 rings (SSSR count). The number of hydrogen-bond donors (Lipinski definition) is 2. The van der Waals surface area contributed by atoms with Crippen LogP contribution in [-0.4, -0.2) is 20.6 Å². The summed E-state index contributed by atoms with van der Waals surface area (Å²) in [6.45, 7) is 2.42. The molecule has 7 heteroatoms. The lowest BCUT2D eigenvalue weighted by molar-refractivity contribution is 0.262. The maximum Gasteiger partial charge on any atom is 0.324 e. The highest BCUT2D eigenvalue weighted by Gasteiger charge is 2.09. The standard InChI is InChI=1S/C28H23N5O2/c1-19-6-5-9-23(14-19)31-28(35)32-26-13-11-22(16-29-26)21-10-12-25-24(15-21)27(34)33(18-30-25)17-20-7-3-2-4-8-20/h2-16,18H,17H2,1H3,(H2,29,31,32,35). The van der Waals surface area contributed by atoms with E-state index in [1.165, 1.54) is 0 Å². The molecule has 35 heavy (non-hydrogen) atoms. The van der Waals surface area contributed by atoms with E-state index in [1.807, 2.05) is 85.8 Å². The third-order valence-corrected chi connectivity index (χ3v) is 5.63. The van der Waals surface area contributed by atoms with E-state index >= 15 is 0 Å². The summed E-state index contributed by atoms with van der Waals surface area (Å²) in [5.74, 6) is 0.423. The van der Waals surface area contributed by atoms with E-state index in [0.717, 1.165) is 22.3 Å². The third-order valence-electron chi connectivity index (χ3n) is 5.63. The normalized spacial score (nSPS) is 10.8. The lowest BCUT2D eigenvalue weighted by atomic mass is 10.1. The first-order chi connectivity index (χ1) is 17.0. The quantitative estimate of drug-likeness (QED) is 0.364. The summed E-state index contributed by atoms with van der Waals surface area (Å²) < 4.78 is 1.61. The lowest BCUT2D eigenvalue weighted by Crippen LogP contribution is -2.21. The molecule has 2 amide bonds. The van der Waals surface area contributed by atoms with E-state index in [1.54, 1.807) is 23.2 Å².